The fourth-order valence-corrected chi connectivity index (χ4v) is 1.83. The summed E-state index contributed by atoms with van der Waals surface area (Å²) in [5.74, 6) is -1.16. The predicted octanol–water partition coefficient (Wildman–Crippen LogP) is 0.783. The molecule has 1 unspecified atom stereocenters. The van der Waals surface area contributed by atoms with Crippen molar-refractivity contribution < 1.29 is 14.8 Å². The highest BCUT2D eigenvalue weighted by Crippen LogP contribution is 2.26. The van der Waals surface area contributed by atoms with Crippen LogP contribution in [0.2, 0.25) is 5.02 Å². The molecule has 2 rings (SSSR count). The van der Waals surface area contributed by atoms with Gasteiger partial charge in [-0.2, -0.15) is 0 Å². The van der Waals surface area contributed by atoms with Crippen LogP contribution in [0, 0.1) is 10.1 Å². The Hall–Kier alpha value is -2.52. The van der Waals surface area contributed by atoms with Gasteiger partial charge in [0.05, 0.1) is 16.8 Å². The Kier molecular flexibility index (Phi) is 4.15. The Labute approximate surface area is 123 Å². The third-order valence-corrected chi connectivity index (χ3v) is 2.90. The van der Waals surface area contributed by atoms with Gasteiger partial charge in [-0.1, -0.05) is 16.8 Å². The summed E-state index contributed by atoms with van der Waals surface area (Å²) in [4.78, 5) is 21.1. The topological polar surface area (TPSA) is 137 Å². The van der Waals surface area contributed by atoms with E-state index in [1.165, 1.54) is 29.1 Å². The van der Waals surface area contributed by atoms with Crippen molar-refractivity contribution in [1.82, 2.24) is 15.0 Å². The first-order valence-electron chi connectivity index (χ1n) is 5.72. The van der Waals surface area contributed by atoms with E-state index < -0.39 is 16.9 Å². The third kappa shape index (κ3) is 3.33. The molecule has 0 bridgehead atoms. The van der Waals surface area contributed by atoms with Crippen LogP contribution >= 0.6 is 11.6 Å². The molecule has 110 valence electrons. The van der Waals surface area contributed by atoms with Gasteiger partial charge >= 0.3 is 5.97 Å². The molecular formula is C11H10ClN5O4. The molecule has 3 N–H and O–H groups in total. The van der Waals surface area contributed by atoms with Gasteiger partial charge in [0.25, 0.3) is 5.69 Å². The molecule has 0 aliphatic carbocycles. The number of carboxylic acids is 1. The summed E-state index contributed by atoms with van der Waals surface area (Å²) in [6.45, 7) is 0. The largest absolute Gasteiger partial charge is 0.480 e. The Morgan fingerprint density at radius 3 is 2.90 bits per heavy atom. The van der Waals surface area contributed by atoms with Crippen molar-refractivity contribution in [2.75, 3.05) is 0 Å². The summed E-state index contributed by atoms with van der Waals surface area (Å²) in [5, 5.41) is 27.5. The minimum absolute atomic E-state index is 0.0310. The summed E-state index contributed by atoms with van der Waals surface area (Å²) >= 11 is 5.73. The maximum atomic E-state index is 11.0. The van der Waals surface area contributed by atoms with E-state index in [2.05, 4.69) is 10.3 Å². The zero-order chi connectivity index (χ0) is 15.6. The van der Waals surface area contributed by atoms with Gasteiger partial charge in [-0.25, -0.2) is 4.68 Å². The lowest BCUT2D eigenvalue weighted by molar-refractivity contribution is -0.384. The molecule has 1 aromatic heterocycles. The number of carbonyl (C=O) groups is 1. The van der Waals surface area contributed by atoms with Crippen LogP contribution in [-0.2, 0) is 11.2 Å². The van der Waals surface area contributed by atoms with Crippen LogP contribution in [-0.4, -0.2) is 37.0 Å². The number of rotatable bonds is 5. The number of aromatic nitrogens is 3. The molecule has 10 heteroatoms. The van der Waals surface area contributed by atoms with Gasteiger partial charge in [0.1, 0.15) is 11.7 Å². The average molecular weight is 312 g/mol. The monoisotopic (exact) mass is 311 g/mol. The van der Waals surface area contributed by atoms with E-state index in [0.29, 0.717) is 5.69 Å². The van der Waals surface area contributed by atoms with E-state index in [1.807, 2.05) is 0 Å². The molecule has 0 saturated carbocycles. The van der Waals surface area contributed by atoms with Crippen molar-refractivity contribution >= 4 is 23.3 Å². The molecule has 0 aliphatic heterocycles. The molecule has 0 saturated heterocycles. The Morgan fingerprint density at radius 2 is 2.29 bits per heavy atom. The zero-order valence-corrected chi connectivity index (χ0v) is 11.3. The second-order valence-electron chi connectivity index (χ2n) is 4.19. The van der Waals surface area contributed by atoms with Crippen LogP contribution in [0.4, 0.5) is 5.69 Å². The normalized spacial score (nSPS) is 12.1. The highest BCUT2D eigenvalue weighted by molar-refractivity contribution is 6.30. The van der Waals surface area contributed by atoms with E-state index in [1.54, 1.807) is 0 Å². The van der Waals surface area contributed by atoms with Crippen LogP contribution in [0.3, 0.4) is 0 Å². The number of nitro groups is 1. The minimum Gasteiger partial charge on any atom is -0.480 e. The summed E-state index contributed by atoms with van der Waals surface area (Å²) in [6, 6.07) is 2.99. The summed E-state index contributed by atoms with van der Waals surface area (Å²) < 4.78 is 1.18. The fourth-order valence-electron chi connectivity index (χ4n) is 1.66. The lowest BCUT2D eigenvalue weighted by Gasteiger charge is -2.03. The number of nitro benzene ring substituents is 1. The number of aliphatic carboxylic acids is 1. The van der Waals surface area contributed by atoms with Gasteiger partial charge < -0.3 is 10.8 Å². The Bertz CT molecular complexity index is 702. The van der Waals surface area contributed by atoms with Gasteiger partial charge in [0.2, 0.25) is 0 Å². The standard InChI is InChI=1S/C11H10ClN5O4/c12-6-1-2-9(10(3-6)17(20)21)16-5-7(14-15-16)4-8(13)11(18)19/h1-3,5,8H,4,13H2,(H,18,19). The van der Waals surface area contributed by atoms with Gasteiger partial charge in [-0.3, -0.25) is 14.9 Å². The smallest absolute Gasteiger partial charge is 0.320 e. The molecule has 1 atom stereocenters. The maximum absolute atomic E-state index is 11.0. The van der Waals surface area contributed by atoms with E-state index >= 15 is 0 Å². The molecule has 0 radical (unpaired) electrons. The van der Waals surface area contributed by atoms with E-state index in [9.17, 15) is 14.9 Å². The number of hydrogen-bond donors (Lipinski definition) is 2. The van der Waals surface area contributed by atoms with Crippen LogP contribution < -0.4 is 5.73 Å². The minimum atomic E-state index is -1.16. The number of hydrogen-bond acceptors (Lipinski definition) is 6. The van der Waals surface area contributed by atoms with Crippen molar-refractivity contribution in [3.8, 4) is 5.69 Å². The molecule has 1 heterocycles. The SMILES string of the molecule is NC(Cc1cn(-c2ccc(Cl)cc2[N+](=O)[O-])nn1)C(=O)O. The Balaban J connectivity index is 2.34. The summed E-state index contributed by atoms with van der Waals surface area (Å²) in [6.07, 6.45) is 1.36. The van der Waals surface area contributed by atoms with Gasteiger partial charge in [0, 0.05) is 17.5 Å². The Morgan fingerprint density at radius 1 is 1.57 bits per heavy atom. The quantitative estimate of drug-likeness (QED) is 0.614. The molecular weight excluding hydrogens is 302 g/mol. The second-order valence-corrected chi connectivity index (χ2v) is 4.63. The molecule has 0 fully saturated rings. The number of nitrogens with two attached hydrogens (primary N) is 1. The molecule has 1 aromatic carbocycles. The van der Waals surface area contributed by atoms with Crippen molar-refractivity contribution in [1.29, 1.82) is 0 Å². The van der Waals surface area contributed by atoms with Gasteiger partial charge in [-0.15, -0.1) is 5.10 Å². The highest BCUT2D eigenvalue weighted by Gasteiger charge is 2.19. The van der Waals surface area contributed by atoms with Crippen molar-refractivity contribution in [2.24, 2.45) is 5.73 Å². The highest BCUT2D eigenvalue weighted by atomic mass is 35.5. The first-order chi connectivity index (χ1) is 9.88. The molecule has 0 aliphatic rings. The van der Waals surface area contributed by atoms with Crippen molar-refractivity contribution in [2.45, 2.75) is 12.5 Å². The molecule has 2 aromatic rings. The lowest BCUT2D eigenvalue weighted by Crippen LogP contribution is -2.32. The van der Waals surface area contributed by atoms with Crippen molar-refractivity contribution in [3.05, 3.63) is 45.2 Å². The van der Waals surface area contributed by atoms with Gasteiger partial charge in [0.15, 0.2) is 0 Å². The lowest BCUT2D eigenvalue weighted by atomic mass is 10.2. The predicted molar refractivity (Wildman–Crippen MR) is 72.3 cm³/mol. The molecule has 0 spiro atoms. The average Bonchev–Trinajstić information content (AvgIpc) is 2.86. The van der Waals surface area contributed by atoms with Crippen LogP contribution in [0.5, 0.6) is 0 Å². The fraction of sp³-hybridized carbons (Fsp3) is 0.182. The van der Waals surface area contributed by atoms with Crippen LogP contribution in [0.25, 0.3) is 5.69 Å². The van der Waals surface area contributed by atoms with Crippen LogP contribution in [0.1, 0.15) is 5.69 Å². The molecule has 21 heavy (non-hydrogen) atoms. The second kappa shape index (κ2) is 5.85. The van der Waals surface area contributed by atoms with E-state index in [-0.39, 0.29) is 22.8 Å². The number of nitrogens with zero attached hydrogens (tertiary/aromatic N) is 4. The maximum Gasteiger partial charge on any atom is 0.320 e. The number of carboxylic acid groups (broad SMARTS) is 1. The number of benzene rings is 1. The molecule has 0 amide bonds. The third-order valence-electron chi connectivity index (χ3n) is 2.67. The molecule has 9 nitrogen and oxygen atoms in total. The van der Waals surface area contributed by atoms with Crippen LogP contribution in [0.15, 0.2) is 24.4 Å². The summed E-state index contributed by atoms with van der Waals surface area (Å²) in [5.41, 5.74) is 5.64. The van der Waals surface area contributed by atoms with E-state index in [4.69, 9.17) is 22.4 Å². The van der Waals surface area contributed by atoms with E-state index in [0.717, 1.165) is 0 Å². The first kappa shape index (κ1) is 14.9. The summed E-state index contributed by atoms with van der Waals surface area (Å²) in [7, 11) is 0. The van der Waals surface area contributed by atoms with Crippen molar-refractivity contribution in [3.63, 3.8) is 0 Å². The zero-order valence-electron chi connectivity index (χ0n) is 10.5. The number of halogens is 1. The van der Waals surface area contributed by atoms with Gasteiger partial charge in [-0.05, 0) is 12.1 Å². The first-order valence-corrected chi connectivity index (χ1v) is 6.10.